The number of cyclic esters (lactones) is 2. The Kier molecular flexibility index (Phi) is 27.0. The highest BCUT2D eigenvalue weighted by Gasteiger charge is 2.47. The van der Waals surface area contributed by atoms with Gasteiger partial charge in [-0.1, -0.05) is 61.5 Å². The van der Waals surface area contributed by atoms with E-state index < -0.39 is 244 Å². The highest BCUT2D eigenvalue weighted by molar-refractivity contribution is 7.81. The van der Waals surface area contributed by atoms with Crippen molar-refractivity contribution in [3.63, 3.8) is 0 Å². The average Bonchev–Trinajstić information content (AvgIpc) is 1.53. The number of carbonyl (C=O) groups is 16. The molecule has 13 amide bonds. The first kappa shape index (κ1) is 84.7. The Labute approximate surface area is 647 Å². The highest BCUT2D eigenvalue weighted by Crippen LogP contribution is 2.37. The number of nitrogens with zero attached hydrogens (tertiary/aromatic N) is 8. The number of anilines is 1. The van der Waals surface area contributed by atoms with E-state index in [9.17, 15) is 62.3 Å². The van der Waals surface area contributed by atoms with Gasteiger partial charge in [-0.25, -0.2) is 19.4 Å². The van der Waals surface area contributed by atoms with Gasteiger partial charge in [0.25, 0.3) is 11.8 Å². The van der Waals surface area contributed by atoms with Gasteiger partial charge in [-0.3, -0.25) is 77.3 Å². The molecule has 36 heteroatoms. The number of amides is 13. The van der Waals surface area contributed by atoms with E-state index in [1.54, 1.807) is 55.4 Å². The van der Waals surface area contributed by atoms with Crippen molar-refractivity contribution in [1.82, 2.24) is 60.6 Å². The Morgan fingerprint density at radius 1 is 0.640 bits per heavy atom. The molecule has 604 valence electrons. The maximum absolute atomic E-state index is 16.0. The third-order valence-corrected chi connectivity index (χ3v) is 22.0. The van der Waals surface area contributed by atoms with Gasteiger partial charge in [-0.2, -0.15) is 12.6 Å². The number of benzene rings is 2. The quantitative estimate of drug-likeness (QED) is 0.0334. The van der Waals surface area contributed by atoms with Crippen LogP contribution >= 0.6 is 12.6 Å². The van der Waals surface area contributed by atoms with E-state index in [-0.39, 0.29) is 80.3 Å². The van der Waals surface area contributed by atoms with Gasteiger partial charge in [-0.05, 0) is 113 Å². The number of ether oxygens (including phenoxy) is 4. The summed E-state index contributed by atoms with van der Waals surface area (Å²) >= 11 is 4.20. The van der Waals surface area contributed by atoms with Gasteiger partial charge in [0.1, 0.15) is 77.9 Å². The van der Waals surface area contributed by atoms with Gasteiger partial charge >= 0.3 is 24.0 Å². The first-order valence-electron chi connectivity index (χ1n) is 37.5. The predicted molar refractivity (Wildman–Crippen MR) is 397 cm³/mol. The van der Waals surface area contributed by atoms with Crippen molar-refractivity contribution in [2.24, 2.45) is 35.5 Å². The number of carbonyl (C=O) groups excluding carboxylic acids is 16. The van der Waals surface area contributed by atoms with E-state index in [4.69, 9.17) is 28.3 Å². The molecular formula is C75H101N13O22S. The van der Waals surface area contributed by atoms with Crippen molar-refractivity contribution in [2.45, 2.75) is 194 Å². The molecule has 5 N–H and O–H groups in total. The van der Waals surface area contributed by atoms with Crippen LogP contribution in [-0.2, 0) is 81.3 Å². The largest absolute Gasteiger partial charge is 0.461 e. The third-order valence-electron chi connectivity index (χ3n) is 21.6. The summed E-state index contributed by atoms with van der Waals surface area (Å²) in [7, 11) is 5.45. The molecule has 9 rings (SSSR count). The summed E-state index contributed by atoms with van der Waals surface area (Å²) in [6.07, 6.45) is -0.600. The molecule has 1 aromatic rings. The molecule has 6 aliphatic heterocycles. The molecule has 1 aromatic carbocycles. The molecule has 10 atom stereocenters. The smallest absolute Gasteiger partial charge is 0.414 e. The summed E-state index contributed by atoms with van der Waals surface area (Å²) in [5, 5.41) is 12.1. The molecule has 0 radical (unpaired) electrons. The highest BCUT2D eigenvalue weighted by atomic mass is 32.1. The second-order valence-corrected chi connectivity index (χ2v) is 31.6. The lowest BCUT2D eigenvalue weighted by Crippen LogP contribution is -2.61. The number of fused-ring (bicyclic) bond motifs is 4. The fourth-order valence-corrected chi connectivity index (χ4v) is 15.5. The number of nitrogens with one attached hydrogen (secondary N) is 5. The summed E-state index contributed by atoms with van der Waals surface area (Å²) in [5.74, 6) is -16.2. The number of hydrogen-bond donors (Lipinski definition) is 6. The van der Waals surface area contributed by atoms with Crippen LogP contribution in [0.3, 0.4) is 0 Å². The molecular weight excluding hydrogens is 1470 g/mol. The zero-order chi connectivity index (χ0) is 81.8. The van der Waals surface area contributed by atoms with Gasteiger partial charge < -0.3 is 74.0 Å². The zero-order valence-electron chi connectivity index (χ0n) is 65.2. The zero-order valence-corrected chi connectivity index (χ0v) is 66.1. The molecule has 111 heavy (non-hydrogen) atoms. The van der Waals surface area contributed by atoms with Gasteiger partial charge in [0.15, 0.2) is 11.3 Å². The van der Waals surface area contributed by atoms with Crippen LogP contribution in [0.4, 0.5) is 10.5 Å². The van der Waals surface area contributed by atoms with Gasteiger partial charge in [0.2, 0.25) is 71.3 Å². The second-order valence-electron chi connectivity index (χ2n) is 31.0. The lowest BCUT2D eigenvalue weighted by atomic mass is 9.82. The maximum atomic E-state index is 16.0. The van der Waals surface area contributed by atoms with E-state index in [1.165, 1.54) is 80.7 Å². The second kappa shape index (κ2) is 35.4. The molecule has 6 heterocycles. The normalized spacial score (nSPS) is 26.3. The number of likely N-dealkylation sites (N-methyl/N-ethyl adjacent to an activating group) is 4. The number of aromatic nitrogens is 1. The van der Waals surface area contributed by atoms with Crippen molar-refractivity contribution in [3.8, 4) is 11.5 Å². The summed E-state index contributed by atoms with van der Waals surface area (Å²) in [6, 6.07) is -8.80. The fraction of sp³-hybridized carbons (Fsp3) is 0.627. The van der Waals surface area contributed by atoms with Crippen LogP contribution in [0.25, 0.3) is 22.6 Å². The number of thiol groups is 1. The van der Waals surface area contributed by atoms with Crippen molar-refractivity contribution < 1.29 is 100 Å². The topological polar surface area (TPSA) is 436 Å². The van der Waals surface area contributed by atoms with Crippen molar-refractivity contribution in [3.05, 3.63) is 44.6 Å². The van der Waals surface area contributed by atoms with E-state index >= 15 is 19.2 Å². The molecule has 0 spiro atoms. The minimum absolute atomic E-state index is 0.0174. The van der Waals surface area contributed by atoms with Crippen molar-refractivity contribution in [2.75, 3.05) is 79.6 Å². The maximum Gasteiger partial charge on any atom is 0.414 e. The van der Waals surface area contributed by atoms with Crippen LogP contribution < -0.4 is 32.0 Å². The molecule has 0 bridgehead atoms. The first-order chi connectivity index (χ1) is 52.2. The van der Waals surface area contributed by atoms with Gasteiger partial charge in [-0.15, -0.1) is 0 Å². The molecule has 5 saturated heterocycles. The molecule has 8 aliphatic rings. The number of likely N-dealkylation sites (tertiary alicyclic amines) is 1. The Hall–Kier alpha value is -10.3. The minimum Gasteiger partial charge on any atom is -0.461 e. The number of hydrogen-bond acceptors (Lipinski definition) is 24. The standard InChI is InChI=1S/C75H101N13O22S/c1-34(2)52-70(100)86-26-16-18-45(86)67(97)82(12)30-49(90)84(14)58(36(5)6)73(103)106-32-44(64(94)78-52)76-63(93)43-25-20-38(9)61-55(43)77-57-51(56(60(92)39(10)62(57)110-61)81-75(105)108-33-107-72(102)42-23-21-41(22-24-42)29-88-48(89)28-47(111)69(88)99)65(95)80-54-40(11)109-74(104)59(37(7)8)85(15)50(91)31-83(13)68(98)46-19-17-27-87(46)71(101)53(35(3)4)79-66(54)96/h20,25,34-37,40-42,44-47,52-54,58-59,111H,16-19,21-24,26-33H2,1-15H3,(H,76,93)(H,78,94)(H,79,96)(H,80,95)(H,81,105). The van der Waals surface area contributed by atoms with Crippen LogP contribution in [0.1, 0.15) is 152 Å². The number of aryl methyl sites for hydroxylation is 1. The molecule has 10 unspecified atom stereocenters. The summed E-state index contributed by atoms with van der Waals surface area (Å²) in [6.45, 7) is 14.4. The third kappa shape index (κ3) is 18.4. The van der Waals surface area contributed by atoms with E-state index in [1.807, 2.05) is 0 Å². The monoisotopic (exact) mass is 1570 g/mol. The first-order valence-corrected chi connectivity index (χ1v) is 38.0. The Bertz CT molecular complexity index is 4250. The Morgan fingerprint density at radius 2 is 1.18 bits per heavy atom. The number of rotatable bonds is 14. The van der Waals surface area contributed by atoms with Crippen LogP contribution in [0.2, 0.25) is 0 Å². The summed E-state index contributed by atoms with van der Waals surface area (Å²) < 4.78 is 29.0. The number of imide groups is 1. The van der Waals surface area contributed by atoms with Crippen LogP contribution in [0.5, 0.6) is 0 Å². The van der Waals surface area contributed by atoms with Crippen LogP contribution in [-0.4, -0.2) is 268 Å². The lowest BCUT2D eigenvalue weighted by Gasteiger charge is -2.36. The van der Waals surface area contributed by atoms with Crippen LogP contribution in [0.15, 0.2) is 21.3 Å². The summed E-state index contributed by atoms with van der Waals surface area (Å²) in [5.41, 5.74) is -4.65. The minimum atomic E-state index is -2.08. The van der Waals surface area contributed by atoms with Gasteiger partial charge in [0, 0.05) is 59.8 Å². The van der Waals surface area contributed by atoms with E-state index in [0.717, 1.165) is 14.7 Å². The molecule has 0 aromatic heterocycles. The SMILES string of the molecule is Cc1c2oc3c(C)ccc(C(=O)NC4COC(=O)C(C(C)C)N(C)C(=O)CN(C)C(=O)C5CCCN5C(=O)C(C(C)C)NC4=O)c3nc-2c(C(=O)NC2C(=O)NC(C(C)C)C(=O)N3CCCC3C(=O)N(C)CC(=O)N(C)C(C(C)C)C(=O)OC2C)c(NC(=O)OCOC(=O)C2CCC(CN3C(=O)CC(S)C3=O)CC2)c1=O. The van der Waals surface area contributed by atoms with Gasteiger partial charge in [0.05, 0.1) is 35.4 Å². The van der Waals surface area contributed by atoms with E-state index in [2.05, 4.69) is 39.2 Å². The molecule has 2 aliphatic carbocycles. The molecule has 6 fully saturated rings. The fourth-order valence-electron chi connectivity index (χ4n) is 15.2. The van der Waals surface area contributed by atoms with E-state index in [0.29, 0.717) is 25.7 Å². The van der Waals surface area contributed by atoms with Crippen LogP contribution in [0, 0.1) is 49.4 Å². The van der Waals surface area contributed by atoms with Crippen molar-refractivity contribution in [1.29, 1.82) is 0 Å². The Morgan fingerprint density at radius 3 is 1.70 bits per heavy atom. The lowest BCUT2D eigenvalue weighted by molar-refractivity contribution is -0.163. The molecule has 1 saturated carbocycles. The number of esters is 3. The average molecular weight is 1570 g/mol. The Balaban J connectivity index is 1.12. The summed E-state index contributed by atoms with van der Waals surface area (Å²) in [4.78, 5) is 257. The van der Waals surface area contributed by atoms with Crippen molar-refractivity contribution >= 4 is 124 Å². The molecule has 35 nitrogen and oxygen atoms in total. The predicted octanol–water partition coefficient (Wildman–Crippen LogP) is 1.67.